The van der Waals surface area contributed by atoms with Crippen LogP contribution in [-0.4, -0.2) is 62.1 Å². The van der Waals surface area contributed by atoms with E-state index >= 15 is 0 Å². The maximum atomic E-state index is 12.7. The van der Waals surface area contributed by atoms with Crippen LogP contribution in [0, 0.1) is 5.92 Å². The molecule has 0 aromatic heterocycles. The van der Waals surface area contributed by atoms with Gasteiger partial charge in [-0.15, -0.1) is 0 Å². The summed E-state index contributed by atoms with van der Waals surface area (Å²) in [6.45, 7) is 3.10. The van der Waals surface area contributed by atoms with E-state index in [1.165, 1.54) is 56.8 Å². The first kappa shape index (κ1) is 18.9. The molecule has 0 spiro atoms. The van der Waals surface area contributed by atoms with Crippen molar-refractivity contribution < 1.29 is 13.2 Å². The molecule has 0 aromatic rings. The van der Waals surface area contributed by atoms with E-state index in [9.17, 15) is 13.2 Å². The smallest absolute Gasteiger partial charge is 0.222 e. The van der Waals surface area contributed by atoms with Gasteiger partial charge in [0.1, 0.15) is 0 Å². The SMILES string of the molecule is CN(CC1(N2CCCCC2)CCCCC1)C(=O)C[C@@H]1C=CS(=O)(=O)C1. The van der Waals surface area contributed by atoms with Gasteiger partial charge in [0, 0.05) is 36.9 Å². The average molecular weight is 369 g/mol. The summed E-state index contributed by atoms with van der Waals surface area (Å²) in [6.07, 6.45) is 12.0. The molecule has 2 fully saturated rings. The molecule has 2 heterocycles. The highest BCUT2D eigenvalue weighted by atomic mass is 32.2. The number of likely N-dealkylation sites (tertiary alicyclic amines) is 1. The second kappa shape index (κ2) is 7.78. The van der Waals surface area contributed by atoms with Crippen LogP contribution in [0.2, 0.25) is 0 Å². The fourth-order valence-corrected chi connectivity index (χ4v) is 6.23. The van der Waals surface area contributed by atoms with Gasteiger partial charge >= 0.3 is 0 Å². The molecule has 1 amide bonds. The Morgan fingerprint density at radius 2 is 1.76 bits per heavy atom. The third-order valence-electron chi connectivity index (χ3n) is 6.21. The molecule has 0 unspecified atom stereocenters. The minimum Gasteiger partial charge on any atom is -0.344 e. The number of hydrogen-bond acceptors (Lipinski definition) is 4. The quantitative estimate of drug-likeness (QED) is 0.748. The molecule has 2 aliphatic heterocycles. The second-order valence-corrected chi connectivity index (χ2v) is 10.1. The molecule has 1 saturated heterocycles. The Balaban J connectivity index is 1.62. The summed E-state index contributed by atoms with van der Waals surface area (Å²) in [5.74, 6) is 0.00933. The zero-order valence-corrected chi connectivity index (χ0v) is 16.3. The van der Waals surface area contributed by atoms with E-state index in [4.69, 9.17) is 0 Å². The highest BCUT2D eigenvalue weighted by Crippen LogP contribution is 2.36. The van der Waals surface area contributed by atoms with Gasteiger partial charge in [0.05, 0.1) is 5.75 Å². The van der Waals surface area contributed by atoms with Crippen LogP contribution in [0.3, 0.4) is 0 Å². The fourth-order valence-electron chi connectivity index (χ4n) is 4.83. The molecule has 3 rings (SSSR count). The lowest BCUT2D eigenvalue weighted by molar-refractivity contribution is -0.133. The summed E-state index contributed by atoms with van der Waals surface area (Å²) in [4.78, 5) is 17.2. The predicted octanol–water partition coefficient (Wildman–Crippen LogP) is 2.58. The van der Waals surface area contributed by atoms with Crippen molar-refractivity contribution in [1.82, 2.24) is 9.80 Å². The molecule has 0 N–H and O–H groups in total. The van der Waals surface area contributed by atoms with Crippen molar-refractivity contribution >= 4 is 15.7 Å². The van der Waals surface area contributed by atoms with Gasteiger partial charge in [-0.3, -0.25) is 9.69 Å². The lowest BCUT2D eigenvalue weighted by Crippen LogP contribution is -2.58. The van der Waals surface area contributed by atoms with Gasteiger partial charge in [0.15, 0.2) is 9.84 Å². The first-order chi connectivity index (χ1) is 11.9. The Hall–Kier alpha value is -0.880. The van der Waals surface area contributed by atoms with Crippen LogP contribution in [0.15, 0.2) is 11.5 Å². The number of sulfone groups is 1. The molecule has 1 atom stereocenters. The number of likely N-dealkylation sites (N-methyl/N-ethyl adjacent to an activating group) is 1. The molecule has 5 nitrogen and oxygen atoms in total. The minimum absolute atomic E-state index is 0.0775. The van der Waals surface area contributed by atoms with Gasteiger partial charge in [-0.2, -0.15) is 0 Å². The second-order valence-electron chi connectivity index (χ2n) is 8.20. The first-order valence-electron chi connectivity index (χ1n) is 9.80. The van der Waals surface area contributed by atoms with Crippen molar-refractivity contribution in [3.05, 3.63) is 11.5 Å². The number of piperidine rings is 1. The van der Waals surface area contributed by atoms with E-state index in [1.807, 2.05) is 11.9 Å². The topological polar surface area (TPSA) is 57.7 Å². The Labute approximate surface area is 152 Å². The third kappa shape index (κ3) is 4.64. The Bertz CT molecular complexity index is 602. The maximum absolute atomic E-state index is 12.7. The summed E-state index contributed by atoms with van der Waals surface area (Å²) >= 11 is 0. The van der Waals surface area contributed by atoms with Crippen molar-refractivity contribution in [2.75, 3.05) is 32.4 Å². The summed E-state index contributed by atoms with van der Waals surface area (Å²) in [5.41, 5.74) is 0.140. The van der Waals surface area contributed by atoms with Gasteiger partial charge in [0.2, 0.25) is 5.91 Å². The van der Waals surface area contributed by atoms with Gasteiger partial charge in [-0.05, 0) is 38.8 Å². The van der Waals surface area contributed by atoms with Gasteiger partial charge < -0.3 is 4.90 Å². The molecule has 142 valence electrons. The molecular weight excluding hydrogens is 336 g/mol. The van der Waals surface area contributed by atoms with E-state index in [-0.39, 0.29) is 23.1 Å². The van der Waals surface area contributed by atoms with Crippen molar-refractivity contribution in [3.63, 3.8) is 0 Å². The highest BCUT2D eigenvalue weighted by Gasteiger charge is 2.40. The van der Waals surface area contributed by atoms with Crippen LogP contribution in [0.1, 0.15) is 57.8 Å². The maximum Gasteiger partial charge on any atom is 0.222 e. The van der Waals surface area contributed by atoms with Crippen molar-refractivity contribution in [2.24, 2.45) is 5.92 Å². The Kier molecular flexibility index (Phi) is 5.88. The monoisotopic (exact) mass is 368 g/mol. The number of carbonyl (C=O) groups excluding carboxylic acids is 1. The summed E-state index contributed by atoms with van der Waals surface area (Å²) in [7, 11) is -1.18. The van der Waals surface area contributed by atoms with E-state index < -0.39 is 9.84 Å². The summed E-state index contributed by atoms with van der Waals surface area (Å²) < 4.78 is 23.1. The highest BCUT2D eigenvalue weighted by molar-refractivity contribution is 7.94. The van der Waals surface area contributed by atoms with Crippen LogP contribution in [0.5, 0.6) is 0 Å². The number of allylic oxidation sites excluding steroid dienone is 1. The minimum atomic E-state index is -3.08. The number of nitrogens with zero attached hydrogens (tertiary/aromatic N) is 2. The standard InChI is InChI=1S/C19H32N2O3S/c1-20(18(22)14-17-8-13-25(23,24)15-17)16-19(9-4-2-5-10-19)21-11-6-3-7-12-21/h8,13,17H,2-7,9-12,14-16H2,1H3/t17-/m0/s1. The van der Waals surface area contributed by atoms with Gasteiger partial charge in [-0.1, -0.05) is 31.8 Å². The molecule has 1 aliphatic carbocycles. The van der Waals surface area contributed by atoms with E-state index in [0.717, 1.165) is 19.6 Å². The van der Waals surface area contributed by atoms with Crippen LogP contribution in [0.4, 0.5) is 0 Å². The lowest BCUT2D eigenvalue weighted by atomic mass is 9.78. The summed E-state index contributed by atoms with van der Waals surface area (Å²) in [6, 6.07) is 0. The van der Waals surface area contributed by atoms with E-state index in [2.05, 4.69) is 4.90 Å². The Morgan fingerprint density at radius 1 is 1.12 bits per heavy atom. The molecule has 3 aliphatic rings. The van der Waals surface area contributed by atoms with Crippen LogP contribution in [0.25, 0.3) is 0 Å². The third-order valence-corrected chi connectivity index (χ3v) is 7.67. The number of carbonyl (C=O) groups is 1. The Morgan fingerprint density at radius 3 is 2.36 bits per heavy atom. The predicted molar refractivity (Wildman–Crippen MR) is 99.9 cm³/mol. The molecule has 6 heteroatoms. The van der Waals surface area contributed by atoms with Crippen LogP contribution < -0.4 is 0 Å². The first-order valence-corrected chi connectivity index (χ1v) is 11.5. The van der Waals surface area contributed by atoms with E-state index in [0.29, 0.717) is 6.42 Å². The van der Waals surface area contributed by atoms with Crippen LogP contribution in [-0.2, 0) is 14.6 Å². The molecule has 0 aromatic carbocycles. The fraction of sp³-hybridized carbons (Fsp3) is 0.842. The molecular formula is C19H32N2O3S. The number of hydrogen-bond donors (Lipinski definition) is 0. The molecule has 1 saturated carbocycles. The molecule has 0 radical (unpaired) electrons. The van der Waals surface area contributed by atoms with Crippen molar-refractivity contribution in [2.45, 2.75) is 63.3 Å². The summed E-state index contributed by atoms with van der Waals surface area (Å²) in [5, 5.41) is 1.27. The van der Waals surface area contributed by atoms with Crippen molar-refractivity contribution in [1.29, 1.82) is 0 Å². The lowest BCUT2D eigenvalue weighted by Gasteiger charge is -2.50. The van der Waals surface area contributed by atoms with Crippen molar-refractivity contribution in [3.8, 4) is 0 Å². The van der Waals surface area contributed by atoms with Gasteiger partial charge in [0.25, 0.3) is 0 Å². The zero-order valence-electron chi connectivity index (χ0n) is 15.5. The normalized spacial score (nSPS) is 28.8. The zero-order chi connectivity index (χ0) is 17.9. The largest absolute Gasteiger partial charge is 0.344 e. The molecule has 25 heavy (non-hydrogen) atoms. The van der Waals surface area contributed by atoms with Crippen LogP contribution >= 0.6 is 0 Å². The molecule has 0 bridgehead atoms. The van der Waals surface area contributed by atoms with E-state index in [1.54, 1.807) is 6.08 Å². The average Bonchev–Trinajstić information content (AvgIpc) is 2.95. The number of rotatable bonds is 5. The number of amides is 1. The van der Waals surface area contributed by atoms with Gasteiger partial charge in [-0.25, -0.2) is 8.42 Å².